The Hall–Kier alpha value is -1.50. The van der Waals surface area contributed by atoms with E-state index >= 15 is 0 Å². The molecule has 0 bridgehead atoms. The van der Waals surface area contributed by atoms with E-state index in [0.717, 1.165) is 13.1 Å². The van der Waals surface area contributed by atoms with Crippen molar-refractivity contribution in [3.05, 3.63) is 42.5 Å². The predicted molar refractivity (Wildman–Crippen MR) is 66.6 cm³/mol. The van der Waals surface area contributed by atoms with Crippen LogP contribution in [0.15, 0.2) is 42.5 Å². The van der Waals surface area contributed by atoms with Gasteiger partial charge in [-0.3, -0.25) is 0 Å². The van der Waals surface area contributed by atoms with Gasteiger partial charge in [0.1, 0.15) is 0 Å². The van der Waals surface area contributed by atoms with Crippen molar-refractivity contribution in [3.8, 4) is 11.1 Å². The molecule has 0 amide bonds. The summed E-state index contributed by atoms with van der Waals surface area (Å²) in [5.41, 5.74) is 3.98. The quantitative estimate of drug-likeness (QED) is 0.729. The normalized spacial score (nSPS) is 10.5. The first-order chi connectivity index (χ1) is 7.35. The molecule has 0 spiro atoms. The van der Waals surface area contributed by atoms with Crippen LogP contribution in [-0.2, 0) is 0 Å². The van der Waals surface area contributed by atoms with Crippen LogP contribution in [0.2, 0.25) is 0 Å². The highest BCUT2D eigenvalue weighted by Crippen LogP contribution is 2.30. The fraction of sp³-hybridized carbons (Fsp3) is 0.286. The largest absolute Gasteiger partial charge is 0.372 e. The smallest absolute Gasteiger partial charge is 0.0378 e. The second kappa shape index (κ2) is 4.35. The Morgan fingerprint density at radius 3 is 1.87 bits per heavy atom. The van der Waals surface area contributed by atoms with Crippen molar-refractivity contribution in [2.45, 2.75) is 13.8 Å². The lowest BCUT2D eigenvalue weighted by molar-refractivity contribution is 0.869. The zero-order chi connectivity index (χ0) is 10.7. The predicted octanol–water partition coefficient (Wildman–Crippen LogP) is 3.64. The molecule has 0 radical (unpaired) electrons. The van der Waals surface area contributed by atoms with E-state index in [1.54, 1.807) is 0 Å². The first-order valence-electron chi connectivity index (χ1n) is 5.59. The van der Waals surface area contributed by atoms with Crippen LogP contribution in [0.3, 0.4) is 0 Å². The van der Waals surface area contributed by atoms with E-state index < -0.39 is 0 Å². The molecule has 2 aliphatic carbocycles. The van der Waals surface area contributed by atoms with Crippen molar-refractivity contribution in [1.82, 2.24) is 0 Å². The van der Waals surface area contributed by atoms with Crippen LogP contribution < -0.4 is 4.90 Å². The van der Waals surface area contributed by atoms with Gasteiger partial charge in [-0.05, 0) is 37.1 Å². The van der Waals surface area contributed by atoms with E-state index in [4.69, 9.17) is 0 Å². The van der Waals surface area contributed by atoms with Crippen molar-refractivity contribution in [2.75, 3.05) is 18.0 Å². The number of anilines is 1. The molecule has 0 aliphatic heterocycles. The Kier molecular flexibility index (Phi) is 2.91. The minimum atomic E-state index is 1.07. The standard InChI is InChI=1S/C14H17N/c1-3-15(4-2)14-10-12-8-6-5-7-9-13(12)11-14/h5-11H,3-4H2,1-2H3. The van der Waals surface area contributed by atoms with Crippen LogP contribution in [0.25, 0.3) is 11.1 Å². The Morgan fingerprint density at radius 1 is 0.867 bits per heavy atom. The molecule has 2 rings (SSSR count). The Morgan fingerprint density at radius 2 is 1.40 bits per heavy atom. The van der Waals surface area contributed by atoms with E-state index in [-0.39, 0.29) is 0 Å². The maximum absolute atomic E-state index is 2.38. The van der Waals surface area contributed by atoms with Gasteiger partial charge in [-0.2, -0.15) is 0 Å². The Balaban J connectivity index is 2.43. The van der Waals surface area contributed by atoms with E-state index in [1.165, 1.54) is 16.8 Å². The van der Waals surface area contributed by atoms with Crippen LogP contribution in [0.4, 0.5) is 5.69 Å². The van der Waals surface area contributed by atoms with Crippen LogP contribution in [0.5, 0.6) is 0 Å². The van der Waals surface area contributed by atoms with Crippen molar-refractivity contribution in [3.63, 3.8) is 0 Å². The molecule has 0 atom stereocenters. The molecular weight excluding hydrogens is 182 g/mol. The second-order valence-corrected chi connectivity index (χ2v) is 3.71. The van der Waals surface area contributed by atoms with Crippen molar-refractivity contribution in [1.29, 1.82) is 0 Å². The maximum Gasteiger partial charge on any atom is 0.0378 e. The highest BCUT2D eigenvalue weighted by atomic mass is 15.1. The fourth-order valence-corrected chi connectivity index (χ4v) is 1.97. The Bertz CT molecular complexity index is 373. The van der Waals surface area contributed by atoms with E-state index in [0.29, 0.717) is 0 Å². The lowest BCUT2D eigenvalue weighted by Gasteiger charge is -2.18. The first kappa shape index (κ1) is 10.0. The summed E-state index contributed by atoms with van der Waals surface area (Å²) < 4.78 is 0. The van der Waals surface area contributed by atoms with Gasteiger partial charge in [-0.1, -0.05) is 30.3 Å². The molecule has 1 heteroatoms. The zero-order valence-electron chi connectivity index (χ0n) is 9.40. The lowest BCUT2D eigenvalue weighted by Crippen LogP contribution is -2.20. The van der Waals surface area contributed by atoms with Crippen molar-refractivity contribution < 1.29 is 0 Å². The maximum atomic E-state index is 2.38. The van der Waals surface area contributed by atoms with Crippen molar-refractivity contribution in [2.24, 2.45) is 0 Å². The van der Waals surface area contributed by atoms with Crippen LogP contribution in [0.1, 0.15) is 13.8 Å². The molecule has 0 heterocycles. The molecule has 0 aromatic rings. The molecular formula is C14H17N. The summed E-state index contributed by atoms with van der Waals surface area (Å²) in [5.74, 6) is 0. The van der Waals surface area contributed by atoms with Crippen LogP contribution >= 0.6 is 0 Å². The number of hydrogen-bond acceptors (Lipinski definition) is 1. The lowest BCUT2D eigenvalue weighted by atomic mass is 10.2. The monoisotopic (exact) mass is 199 g/mol. The van der Waals surface area contributed by atoms with Gasteiger partial charge < -0.3 is 4.90 Å². The third-order valence-electron chi connectivity index (χ3n) is 2.84. The third kappa shape index (κ3) is 1.96. The highest BCUT2D eigenvalue weighted by Gasteiger charge is 2.08. The molecule has 0 saturated carbocycles. The average molecular weight is 199 g/mol. The molecule has 0 aromatic carbocycles. The van der Waals surface area contributed by atoms with E-state index in [1.807, 2.05) is 0 Å². The zero-order valence-corrected chi connectivity index (χ0v) is 9.40. The van der Waals surface area contributed by atoms with Gasteiger partial charge in [-0.15, -0.1) is 0 Å². The molecule has 0 unspecified atom stereocenters. The molecule has 0 N–H and O–H groups in total. The second-order valence-electron chi connectivity index (χ2n) is 3.71. The molecule has 78 valence electrons. The average Bonchev–Trinajstić information content (AvgIpc) is 2.52. The molecule has 0 saturated heterocycles. The summed E-state index contributed by atoms with van der Waals surface area (Å²) >= 11 is 0. The van der Waals surface area contributed by atoms with Gasteiger partial charge in [0.25, 0.3) is 0 Å². The molecule has 0 fully saturated rings. The number of rotatable bonds is 3. The van der Waals surface area contributed by atoms with Gasteiger partial charge in [-0.25, -0.2) is 0 Å². The summed E-state index contributed by atoms with van der Waals surface area (Å²) in [6, 6.07) is 15.1. The summed E-state index contributed by atoms with van der Waals surface area (Å²) in [7, 11) is 0. The fourth-order valence-electron chi connectivity index (χ4n) is 1.97. The topological polar surface area (TPSA) is 3.24 Å². The number of hydrogen-bond donors (Lipinski definition) is 0. The van der Waals surface area contributed by atoms with E-state index in [9.17, 15) is 0 Å². The minimum Gasteiger partial charge on any atom is -0.372 e. The SMILES string of the molecule is CCN(CC)c1cc2cccccc-2c1. The first-order valence-corrected chi connectivity index (χ1v) is 5.59. The summed E-state index contributed by atoms with van der Waals surface area (Å²) in [5, 5.41) is 0. The molecule has 15 heavy (non-hydrogen) atoms. The van der Waals surface area contributed by atoms with Gasteiger partial charge in [0.15, 0.2) is 0 Å². The Labute approximate surface area is 91.7 Å². The minimum absolute atomic E-state index is 1.07. The van der Waals surface area contributed by atoms with Gasteiger partial charge >= 0.3 is 0 Å². The summed E-state index contributed by atoms with van der Waals surface area (Å²) in [6.07, 6.45) is 0. The molecule has 0 aromatic heterocycles. The summed E-state index contributed by atoms with van der Waals surface area (Å²) in [4.78, 5) is 2.38. The molecule has 1 nitrogen and oxygen atoms in total. The summed E-state index contributed by atoms with van der Waals surface area (Å²) in [6.45, 7) is 6.53. The van der Waals surface area contributed by atoms with Gasteiger partial charge in [0.2, 0.25) is 0 Å². The van der Waals surface area contributed by atoms with Gasteiger partial charge in [0.05, 0.1) is 0 Å². The number of nitrogens with zero attached hydrogens (tertiary/aromatic N) is 1. The number of fused-ring (bicyclic) bond motifs is 1. The van der Waals surface area contributed by atoms with Crippen LogP contribution in [-0.4, -0.2) is 13.1 Å². The van der Waals surface area contributed by atoms with Crippen LogP contribution in [0, 0.1) is 0 Å². The van der Waals surface area contributed by atoms with E-state index in [2.05, 4.69) is 61.2 Å². The third-order valence-corrected chi connectivity index (χ3v) is 2.84. The molecule has 2 aliphatic rings. The van der Waals surface area contributed by atoms with Gasteiger partial charge in [0, 0.05) is 18.8 Å². The highest BCUT2D eigenvalue weighted by molar-refractivity contribution is 5.75. The van der Waals surface area contributed by atoms with Crippen molar-refractivity contribution >= 4 is 5.69 Å².